The van der Waals surface area contributed by atoms with Gasteiger partial charge in [0.05, 0.1) is 11.2 Å². The molecule has 8 nitrogen and oxygen atoms in total. The van der Waals surface area contributed by atoms with E-state index in [2.05, 4.69) is 4.72 Å². The first-order valence-electron chi connectivity index (χ1n) is 7.65. The number of piperidine rings is 1. The van der Waals surface area contributed by atoms with Crippen LogP contribution in [-0.4, -0.2) is 61.7 Å². The zero-order valence-corrected chi connectivity index (χ0v) is 16.5. The highest BCUT2D eigenvalue weighted by atomic mass is 32.2. The molecule has 1 N–H and O–H groups in total. The number of hydrogen-bond donors (Lipinski definition) is 1. The molecule has 11 heteroatoms. The van der Waals surface area contributed by atoms with Crippen LogP contribution in [0.1, 0.15) is 12.8 Å². The second kappa shape index (κ2) is 7.31. The maximum atomic E-state index is 12.9. The molecule has 2 rings (SSSR count). The van der Waals surface area contributed by atoms with Gasteiger partial charge in [0.15, 0.2) is 9.84 Å². The maximum absolute atomic E-state index is 12.9. The summed E-state index contributed by atoms with van der Waals surface area (Å²) in [5.74, 6) is -0.163. The van der Waals surface area contributed by atoms with Gasteiger partial charge in [-0.05, 0) is 30.9 Å². The van der Waals surface area contributed by atoms with Crippen LogP contribution in [0.4, 0.5) is 0 Å². The Labute approximate surface area is 149 Å². The van der Waals surface area contributed by atoms with Crippen molar-refractivity contribution in [1.29, 1.82) is 0 Å². The highest BCUT2D eigenvalue weighted by Crippen LogP contribution is 2.27. The van der Waals surface area contributed by atoms with Crippen molar-refractivity contribution in [3.63, 3.8) is 0 Å². The predicted octanol–water partition coefficient (Wildman–Crippen LogP) is 0.0400. The third-order valence-corrected chi connectivity index (χ3v) is 7.88. The third kappa shape index (κ3) is 5.23. The Balaban J connectivity index is 2.28. The number of nitrogens with zero attached hydrogens (tertiary/aromatic N) is 1. The number of rotatable bonds is 6. The van der Waals surface area contributed by atoms with E-state index in [0.717, 1.165) is 12.5 Å². The van der Waals surface area contributed by atoms with Crippen molar-refractivity contribution in [3.05, 3.63) is 24.3 Å². The van der Waals surface area contributed by atoms with E-state index in [1.54, 1.807) is 0 Å². The molecule has 1 saturated heterocycles. The summed E-state index contributed by atoms with van der Waals surface area (Å²) < 4.78 is 75.7. The van der Waals surface area contributed by atoms with Gasteiger partial charge in [0.25, 0.3) is 0 Å². The standard InChI is InChI=1S/C14H22N2O6S3/c1-23(17,18)13-7-3-4-8-14(13)25(21,22)16-9-5-6-12(11-16)10-15-24(2,19)20/h3-4,7-8,12,15H,5-6,9-11H2,1-2H3. The minimum absolute atomic E-state index is 0.142. The van der Waals surface area contributed by atoms with E-state index in [9.17, 15) is 25.3 Å². The van der Waals surface area contributed by atoms with Crippen LogP contribution >= 0.6 is 0 Å². The number of hydrogen-bond acceptors (Lipinski definition) is 6. The Bertz CT molecular complexity index is 939. The van der Waals surface area contributed by atoms with Crippen molar-refractivity contribution >= 4 is 29.9 Å². The van der Waals surface area contributed by atoms with Crippen molar-refractivity contribution in [2.75, 3.05) is 32.1 Å². The van der Waals surface area contributed by atoms with Gasteiger partial charge in [-0.3, -0.25) is 0 Å². The number of benzene rings is 1. The first kappa shape index (κ1) is 20.3. The summed E-state index contributed by atoms with van der Waals surface area (Å²) in [5, 5.41) is 0. The van der Waals surface area contributed by atoms with Crippen molar-refractivity contribution in [1.82, 2.24) is 9.03 Å². The fraction of sp³-hybridized carbons (Fsp3) is 0.571. The maximum Gasteiger partial charge on any atom is 0.244 e. The third-order valence-electron chi connectivity index (χ3n) is 3.98. The zero-order valence-electron chi connectivity index (χ0n) is 14.0. The van der Waals surface area contributed by atoms with E-state index in [1.165, 1.54) is 28.6 Å². The highest BCUT2D eigenvalue weighted by Gasteiger charge is 2.33. The predicted molar refractivity (Wildman–Crippen MR) is 93.9 cm³/mol. The normalized spacial score (nSPS) is 20.5. The van der Waals surface area contributed by atoms with Crippen LogP contribution in [0.2, 0.25) is 0 Å². The molecule has 0 aromatic heterocycles. The number of sulfonamides is 2. The Hall–Kier alpha value is -1.01. The summed E-state index contributed by atoms with van der Waals surface area (Å²) in [4.78, 5) is -0.472. The molecule has 142 valence electrons. The van der Waals surface area contributed by atoms with Crippen molar-refractivity contribution in [2.45, 2.75) is 22.6 Å². The highest BCUT2D eigenvalue weighted by molar-refractivity contribution is 7.93. The van der Waals surface area contributed by atoms with Crippen molar-refractivity contribution in [3.8, 4) is 0 Å². The fourth-order valence-corrected chi connectivity index (χ4v) is 6.48. The molecule has 0 saturated carbocycles. The van der Waals surface area contributed by atoms with Gasteiger partial charge in [-0.25, -0.2) is 30.0 Å². The van der Waals surface area contributed by atoms with E-state index >= 15 is 0 Å². The molecule has 1 aliphatic rings. The topological polar surface area (TPSA) is 118 Å². The van der Waals surface area contributed by atoms with E-state index in [0.29, 0.717) is 12.8 Å². The molecular formula is C14H22N2O6S3. The van der Waals surface area contributed by atoms with Crippen LogP contribution < -0.4 is 4.72 Å². The van der Waals surface area contributed by atoms with Gasteiger partial charge in [-0.1, -0.05) is 12.1 Å². The molecule has 25 heavy (non-hydrogen) atoms. The van der Waals surface area contributed by atoms with E-state index < -0.39 is 29.9 Å². The minimum Gasteiger partial charge on any atom is -0.224 e. The van der Waals surface area contributed by atoms with Gasteiger partial charge >= 0.3 is 0 Å². The molecule has 1 aromatic carbocycles. The van der Waals surface area contributed by atoms with Gasteiger partial charge in [0.2, 0.25) is 20.0 Å². The SMILES string of the molecule is CS(=O)(=O)NCC1CCCN(S(=O)(=O)c2ccccc2S(C)(=O)=O)C1. The lowest BCUT2D eigenvalue weighted by atomic mass is 10.0. The van der Waals surface area contributed by atoms with Crippen LogP contribution in [0, 0.1) is 5.92 Å². The first-order valence-corrected chi connectivity index (χ1v) is 12.9. The van der Waals surface area contributed by atoms with E-state index in [4.69, 9.17) is 0 Å². The smallest absolute Gasteiger partial charge is 0.224 e. The first-order chi connectivity index (χ1) is 11.4. The summed E-state index contributed by atoms with van der Waals surface area (Å²) in [6, 6.07) is 5.51. The summed E-state index contributed by atoms with van der Waals surface area (Å²) in [6.45, 7) is 0.567. The monoisotopic (exact) mass is 410 g/mol. The summed E-state index contributed by atoms with van der Waals surface area (Å²) >= 11 is 0. The Morgan fingerprint density at radius 1 is 1.04 bits per heavy atom. The molecule has 0 aliphatic carbocycles. The number of sulfone groups is 1. The van der Waals surface area contributed by atoms with Crippen LogP contribution in [-0.2, 0) is 29.9 Å². The second-order valence-corrected chi connectivity index (χ2v) is 11.9. The fourth-order valence-electron chi connectivity index (χ4n) is 2.79. The molecule has 1 fully saturated rings. The minimum atomic E-state index is -3.99. The largest absolute Gasteiger partial charge is 0.244 e. The van der Waals surface area contributed by atoms with Gasteiger partial charge in [0.1, 0.15) is 4.90 Å². The quantitative estimate of drug-likeness (QED) is 0.707. The van der Waals surface area contributed by atoms with Gasteiger partial charge in [-0.2, -0.15) is 4.31 Å². The summed E-state index contributed by atoms with van der Waals surface area (Å²) in [7, 11) is -11.0. The average molecular weight is 411 g/mol. The van der Waals surface area contributed by atoms with Crippen LogP contribution in [0.15, 0.2) is 34.1 Å². The Morgan fingerprint density at radius 3 is 2.20 bits per heavy atom. The van der Waals surface area contributed by atoms with Crippen LogP contribution in [0.3, 0.4) is 0 Å². The molecule has 1 aliphatic heterocycles. The molecule has 1 aromatic rings. The molecule has 1 atom stereocenters. The zero-order chi connectivity index (χ0) is 18.9. The molecule has 1 unspecified atom stereocenters. The molecular weight excluding hydrogens is 388 g/mol. The van der Waals surface area contributed by atoms with Crippen molar-refractivity contribution in [2.24, 2.45) is 5.92 Å². The Kier molecular flexibility index (Phi) is 5.94. The molecule has 0 radical (unpaired) electrons. The lowest BCUT2D eigenvalue weighted by molar-refractivity contribution is 0.267. The van der Waals surface area contributed by atoms with E-state index in [1.807, 2.05) is 0 Å². The van der Waals surface area contributed by atoms with Gasteiger partial charge in [-0.15, -0.1) is 0 Å². The Morgan fingerprint density at radius 2 is 1.64 bits per heavy atom. The lowest BCUT2D eigenvalue weighted by Crippen LogP contribution is -2.43. The second-order valence-electron chi connectivity index (χ2n) is 6.21. The van der Waals surface area contributed by atoms with Gasteiger partial charge < -0.3 is 0 Å². The van der Waals surface area contributed by atoms with Crippen molar-refractivity contribution < 1.29 is 25.3 Å². The molecule has 0 spiro atoms. The van der Waals surface area contributed by atoms with Gasteiger partial charge in [0, 0.05) is 25.9 Å². The number of nitrogens with one attached hydrogen (secondary N) is 1. The lowest BCUT2D eigenvalue weighted by Gasteiger charge is -2.32. The molecule has 1 heterocycles. The molecule has 0 amide bonds. The van der Waals surface area contributed by atoms with Crippen LogP contribution in [0.5, 0.6) is 0 Å². The summed E-state index contributed by atoms with van der Waals surface area (Å²) in [6.07, 6.45) is 3.29. The summed E-state index contributed by atoms with van der Waals surface area (Å²) in [5.41, 5.74) is 0. The van der Waals surface area contributed by atoms with E-state index in [-0.39, 0.29) is 35.3 Å². The van der Waals surface area contributed by atoms with Crippen LogP contribution in [0.25, 0.3) is 0 Å². The molecule has 0 bridgehead atoms. The average Bonchev–Trinajstić information content (AvgIpc) is 2.52.